The van der Waals surface area contributed by atoms with Gasteiger partial charge in [0.1, 0.15) is 0 Å². The minimum atomic E-state index is 0.799. The third kappa shape index (κ3) is 5.63. The summed E-state index contributed by atoms with van der Waals surface area (Å²) >= 11 is 0. The van der Waals surface area contributed by atoms with Crippen molar-refractivity contribution in [1.82, 2.24) is 20.1 Å². The molecule has 1 saturated heterocycles. The molecule has 0 saturated carbocycles. The molecule has 1 aliphatic heterocycles. The molecule has 5 heteroatoms. The Labute approximate surface area is 157 Å². The predicted molar refractivity (Wildman–Crippen MR) is 108 cm³/mol. The van der Waals surface area contributed by atoms with Crippen molar-refractivity contribution < 1.29 is 0 Å². The van der Waals surface area contributed by atoms with Gasteiger partial charge in [-0.25, -0.2) is 0 Å². The van der Waals surface area contributed by atoms with E-state index in [2.05, 4.69) is 61.8 Å². The van der Waals surface area contributed by atoms with Gasteiger partial charge >= 0.3 is 0 Å². The van der Waals surface area contributed by atoms with Crippen molar-refractivity contribution in [3.63, 3.8) is 0 Å². The summed E-state index contributed by atoms with van der Waals surface area (Å²) in [4.78, 5) is 6.92. The smallest absolute Gasteiger partial charge is 0.191 e. The van der Waals surface area contributed by atoms with Gasteiger partial charge in [0.2, 0.25) is 0 Å². The quantitative estimate of drug-likeness (QED) is 0.594. The van der Waals surface area contributed by atoms with E-state index in [1.165, 1.54) is 43.5 Å². The van der Waals surface area contributed by atoms with Crippen molar-refractivity contribution in [2.45, 2.75) is 38.9 Å². The fourth-order valence-electron chi connectivity index (χ4n) is 3.46. The van der Waals surface area contributed by atoms with Gasteiger partial charge in [-0.05, 0) is 49.2 Å². The van der Waals surface area contributed by atoms with Crippen LogP contribution in [-0.4, -0.2) is 42.1 Å². The van der Waals surface area contributed by atoms with Crippen molar-refractivity contribution in [3.05, 3.63) is 59.9 Å². The summed E-state index contributed by atoms with van der Waals surface area (Å²) in [6, 6.07) is 12.8. The van der Waals surface area contributed by atoms with Crippen LogP contribution < -0.4 is 10.6 Å². The third-order valence-corrected chi connectivity index (χ3v) is 4.96. The fourth-order valence-corrected chi connectivity index (χ4v) is 3.46. The van der Waals surface area contributed by atoms with Gasteiger partial charge in [-0.15, -0.1) is 0 Å². The zero-order valence-electron chi connectivity index (χ0n) is 15.8. The first kappa shape index (κ1) is 18.5. The van der Waals surface area contributed by atoms with E-state index in [0.29, 0.717) is 0 Å². The number of piperidine rings is 1. The molecule has 0 unspecified atom stereocenters. The van der Waals surface area contributed by atoms with Gasteiger partial charge in [0.15, 0.2) is 5.96 Å². The van der Waals surface area contributed by atoms with Crippen molar-refractivity contribution in [1.29, 1.82) is 0 Å². The first-order chi connectivity index (χ1) is 12.8. The molecule has 2 aromatic rings. The molecule has 1 fully saturated rings. The highest BCUT2D eigenvalue weighted by Gasteiger charge is 2.12. The van der Waals surface area contributed by atoms with Crippen molar-refractivity contribution in [3.8, 4) is 0 Å². The number of hydrogen-bond acceptors (Lipinski definition) is 2. The minimum Gasteiger partial charge on any atom is -0.355 e. The molecule has 0 bridgehead atoms. The SMILES string of the molecule is CN=C(NCCn1cccc1)NCc1ccccc1CN1CCCCC1. The monoisotopic (exact) mass is 353 g/mol. The highest BCUT2D eigenvalue weighted by Crippen LogP contribution is 2.16. The molecule has 0 atom stereocenters. The van der Waals surface area contributed by atoms with E-state index in [4.69, 9.17) is 0 Å². The predicted octanol–water partition coefficient (Wildman–Crippen LogP) is 2.84. The second-order valence-corrected chi connectivity index (χ2v) is 6.88. The molecule has 0 amide bonds. The molecular formula is C21H31N5. The molecule has 0 aliphatic carbocycles. The zero-order valence-corrected chi connectivity index (χ0v) is 15.8. The van der Waals surface area contributed by atoms with Gasteiger partial charge in [0, 0.05) is 45.6 Å². The maximum absolute atomic E-state index is 4.34. The summed E-state index contributed by atoms with van der Waals surface area (Å²) < 4.78 is 2.16. The van der Waals surface area contributed by atoms with Gasteiger partial charge < -0.3 is 15.2 Å². The number of nitrogens with zero attached hydrogens (tertiary/aromatic N) is 3. The minimum absolute atomic E-state index is 0.799. The number of aromatic nitrogens is 1. The number of aliphatic imine (C=N–C) groups is 1. The Balaban J connectivity index is 1.49. The average molecular weight is 354 g/mol. The van der Waals surface area contributed by atoms with Crippen LogP contribution >= 0.6 is 0 Å². The molecule has 0 spiro atoms. The second-order valence-electron chi connectivity index (χ2n) is 6.88. The molecule has 140 valence electrons. The Morgan fingerprint density at radius 1 is 0.962 bits per heavy atom. The number of nitrogens with one attached hydrogen (secondary N) is 2. The molecule has 5 nitrogen and oxygen atoms in total. The largest absolute Gasteiger partial charge is 0.355 e. The van der Waals surface area contributed by atoms with E-state index < -0.39 is 0 Å². The highest BCUT2D eigenvalue weighted by molar-refractivity contribution is 5.79. The van der Waals surface area contributed by atoms with E-state index >= 15 is 0 Å². The summed E-state index contributed by atoms with van der Waals surface area (Å²) in [6.45, 7) is 6.09. The lowest BCUT2D eigenvalue weighted by Crippen LogP contribution is -2.38. The van der Waals surface area contributed by atoms with Crippen LogP contribution in [0, 0.1) is 0 Å². The molecular weight excluding hydrogens is 322 g/mol. The van der Waals surface area contributed by atoms with Gasteiger partial charge in [0.25, 0.3) is 0 Å². The van der Waals surface area contributed by atoms with Gasteiger partial charge in [0.05, 0.1) is 0 Å². The zero-order chi connectivity index (χ0) is 18.0. The van der Waals surface area contributed by atoms with Crippen LogP contribution in [0.1, 0.15) is 30.4 Å². The average Bonchev–Trinajstić information content (AvgIpc) is 3.20. The van der Waals surface area contributed by atoms with Crippen molar-refractivity contribution in [2.75, 3.05) is 26.7 Å². The normalized spacial score (nSPS) is 15.8. The van der Waals surface area contributed by atoms with Gasteiger partial charge in [-0.3, -0.25) is 9.89 Å². The number of rotatable bonds is 7. The van der Waals surface area contributed by atoms with Crippen LogP contribution in [0.2, 0.25) is 0 Å². The van der Waals surface area contributed by atoms with Crippen LogP contribution in [0.4, 0.5) is 0 Å². The second kappa shape index (κ2) is 10.0. The molecule has 1 aromatic heterocycles. The Kier molecular flexibility index (Phi) is 7.14. The molecule has 1 aromatic carbocycles. The van der Waals surface area contributed by atoms with Crippen LogP contribution in [-0.2, 0) is 19.6 Å². The van der Waals surface area contributed by atoms with Crippen LogP contribution in [0.5, 0.6) is 0 Å². The summed E-state index contributed by atoms with van der Waals surface area (Å²) in [5, 5.41) is 6.84. The maximum Gasteiger partial charge on any atom is 0.191 e. The topological polar surface area (TPSA) is 44.6 Å². The van der Waals surface area contributed by atoms with E-state index in [1.54, 1.807) is 0 Å². The van der Waals surface area contributed by atoms with E-state index in [9.17, 15) is 0 Å². The molecule has 1 aliphatic rings. The van der Waals surface area contributed by atoms with Crippen molar-refractivity contribution in [2.24, 2.45) is 4.99 Å². The Morgan fingerprint density at radius 2 is 1.69 bits per heavy atom. The van der Waals surface area contributed by atoms with Gasteiger partial charge in [-0.1, -0.05) is 30.7 Å². The van der Waals surface area contributed by atoms with Crippen LogP contribution in [0.15, 0.2) is 53.8 Å². The van der Waals surface area contributed by atoms with Crippen LogP contribution in [0.25, 0.3) is 0 Å². The lowest BCUT2D eigenvalue weighted by atomic mass is 10.0. The number of likely N-dealkylation sites (tertiary alicyclic amines) is 1. The molecule has 3 rings (SSSR count). The summed E-state index contributed by atoms with van der Waals surface area (Å²) in [7, 11) is 1.82. The van der Waals surface area contributed by atoms with E-state index in [1.807, 2.05) is 19.2 Å². The number of guanidine groups is 1. The van der Waals surface area contributed by atoms with E-state index in [0.717, 1.165) is 32.1 Å². The molecule has 26 heavy (non-hydrogen) atoms. The Hall–Kier alpha value is -2.27. The number of hydrogen-bond donors (Lipinski definition) is 2. The highest BCUT2D eigenvalue weighted by atomic mass is 15.2. The summed E-state index contributed by atoms with van der Waals surface area (Å²) in [5.41, 5.74) is 2.77. The van der Waals surface area contributed by atoms with E-state index in [-0.39, 0.29) is 0 Å². The fraction of sp³-hybridized carbons (Fsp3) is 0.476. The first-order valence-corrected chi connectivity index (χ1v) is 9.69. The standard InChI is InChI=1S/C21H31N5/c1-22-21(23-11-16-25-12-7-8-13-25)24-17-19-9-3-4-10-20(19)18-26-14-5-2-6-15-26/h3-4,7-10,12-13H,2,5-6,11,14-18H2,1H3,(H2,22,23,24). The molecule has 0 radical (unpaired) electrons. The maximum atomic E-state index is 4.34. The lowest BCUT2D eigenvalue weighted by Gasteiger charge is -2.27. The van der Waals surface area contributed by atoms with Crippen molar-refractivity contribution >= 4 is 5.96 Å². The number of benzene rings is 1. The lowest BCUT2D eigenvalue weighted by molar-refractivity contribution is 0.220. The Morgan fingerprint density at radius 3 is 2.42 bits per heavy atom. The first-order valence-electron chi connectivity index (χ1n) is 9.69. The summed E-state index contributed by atoms with van der Waals surface area (Å²) in [5.74, 6) is 0.852. The molecule has 2 heterocycles. The van der Waals surface area contributed by atoms with Crippen LogP contribution in [0.3, 0.4) is 0 Å². The van der Waals surface area contributed by atoms with Gasteiger partial charge in [-0.2, -0.15) is 0 Å². The third-order valence-electron chi connectivity index (χ3n) is 4.96. The summed E-state index contributed by atoms with van der Waals surface area (Å²) in [6.07, 6.45) is 8.20. The molecule has 2 N–H and O–H groups in total. The Bertz CT molecular complexity index is 671.